The third-order valence-corrected chi connectivity index (χ3v) is 5.01. The van der Waals surface area contributed by atoms with Gasteiger partial charge in [0.2, 0.25) is 10.0 Å². The Morgan fingerprint density at radius 3 is 2.62 bits per heavy atom. The molecule has 0 aromatic carbocycles. The fourth-order valence-electron chi connectivity index (χ4n) is 2.04. The predicted molar refractivity (Wildman–Crippen MR) is 84.6 cm³/mol. The predicted octanol–water partition coefficient (Wildman–Crippen LogP) is 1.60. The molecule has 0 atom stereocenters. The van der Waals surface area contributed by atoms with Gasteiger partial charge in [0.25, 0.3) is 0 Å². The molecule has 0 aliphatic rings. The average Bonchev–Trinajstić information content (AvgIpc) is 2.94. The molecule has 1 heterocycles. The molecule has 1 rings (SSSR count). The number of hydrogen-bond acceptors (Lipinski definition) is 4. The molecule has 0 aliphatic carbocycles. The molecule has 2 N–H and O–H groups in total. The Morgan fingerprint density at radius 2 is 2.00 bits per heavy atom. The van der Waals surface area contributed by atoms with Crippen molar-refractivity contribution in [3.63, 3.8) is 0 Å². The van der Waals surface area contributed by atoms with Gasteiger partial charge in [-0.1, -0.05) is 33.6 Å². The Hall–Kier alpha value is -0.920. The normalized spacial score (nSPS) is 12.2. The van der Waals surface area contributed by atoms with Crippen LogP contribution in [0.15, 0.2) is 17.3 Å². The van der Waals surface area contributed by atoms with Crippen LogP contribution in [0, 0.1) is 5.92 Å². The van der Waals surface area contributed by atoms with E-state index < -0.39 is 10.0 Å². The lowest BCUT2D eigenvalue weighted by Gasteiger charge is -2.12. The fourth-order valence-corrected chi connectivity index (χ4v) is 3.10. The first kappa shape index (κ1) is 18.1. The molecule has 0 amide bonds. The monoisotopic (exact) mass is 316 g/mol. The van der Waals surface area contributed by atoms with Crippen molar-refractivity contribution in [3.8, 4) is 0 Å². The number of nitrogens with zero attached hydrogens (tertiary/aromatic N) is 2. The minimum Gasteiger partial charge on any atom is -0.317 e. The van der Waals surface area contributed by atoms with E-state index in [1.807, 2.05) is 0 Å². The van der Waals surface area contributed by atoms with Gasteiger partial charge in [-0.05, 0) is 25.4 Å². The highest BCUT2D eigenvalue weighted by Crippen LogP contribution is 2.10. The van der Waals surface area contributed by atoms with Gasteiger partial charge in [0.15, 0.2) is 0 Å². The van der Waals surface area contributed by atoms with Crippen LogP contribution in [0.5, 0.6) is 0 Å². The maximum absolute atomic E-state index is 12.2. The van der Waals surface area contributed by atoms with Crippen LogP contribution < -0.4 is 10.0 Å². The number of nitrogens with one attached hydrogen (secondary N) is 2. The van der Waals surface area contributed by atoms with Crippen molar-refractivity contribution in [3.05, 3.63) is 12.4 Å². The third kappa shape index (κ3) is 6.15. The number of rotatable bonds is 11. The Labute approximate surface area is 128 Å². The highest BCUT2D eigenvalue weighted by molar-refractivity contribution is 7.89. The van der Waals surface area contributed by atoms with Crippen molar-refractivity contribution >= 4 is 10.0 Å². The summed E-state index contributed by atoms with van der Waals surface area (Å²) in [5.74, 6) is 0.384. The van der Waals surface area contributed by atoms with Crippen LogP contribution in [0.25, 0.3) is 0 Å². The van der Waals surface area contributed by atoms with Crippen molar-refractivity contribution in [1.29, 1.82) is 0 Å². The molecule has 0 bridgehead atoms. The molecule has 21 heavy (non-hydrogen) atoms. The van der Waals surface area contributed by atoms with Crippen LogP contribution >= 0.6 is 0 Å². The number of aromatic nitrogens is 2. The van der Waals surface area contributed by atoms with Crippen LogP contribution in [0.3, 0.4) is 0 Å². The summed E-state index contributed by atoms with van der Waals surface area (Å²) in [6, 6.07) is 0. The SMILES string of the molecule is CCNCCCn1cc(S(=O)(=O)NCC(CC)CC)cn1. The summed E-state index contributed by atoms with van der Waals surface area (Å²) in [7, 11) is -3.44. The second-order valence-electron chi connectivity index (χ2n) is 5.18. The molecule has 7 heteroatoms. The van der Waals surface area contributed by atoms with Gasteiger partial charge in [0, 0.05) is 19.3 Å². The summed E-state index contributed by atoms with van der Waals surface area (Å²) >= 11 is 0. The Morgan fingerprint density at radius 1 is 1.29 bits per heavy atom. The number of sulfonamides is 1. The second-order valence-corrected chi connectivity index (χ2v) is 6.95. The van der Waals surface area contributed by atoms with E-state index in [-0.39, 0.29) is 4.90 Å². The van der Waals surface area contributed by atoms with E-state index >= 15 is 0 Å². The first-order valence-corrected chi connectivity index (χ1v) is 9.24. The molecule has 1 aromatic rings. The lowest BCUT2D eigenvalue weighted by atomic mass is 10.0. The van der Waals surface area contributed by atoms with E-state index in [1.165, 1.54) is 6.20 Å². The van der Waals surface area contributed by atoms with Crippen LogP contribution in [-0.4, -0.2) is 37.8 Å². The van der Waals surface area contributed by atoms with Gasteiger partial charge in [-0.15, -0.1) is 0 Å². The molecule has 0 saturated heterocycles. The van der Waals surface area contributed by atoms with Crippen LogP contribution in [-0.2, 0) is 16.6 Å². The summed E-state index contributed by atoms with van der Waals surface area (Å²) in [4.78, 5) is 0.247. The summed E-state index contributed by atoms with van der Waals surface area (Å²) in [5.41, 5.74) is 0. The molecule has 0 aliphatic heterocycles. The molecule has 1 aromatic heterocycles. The first-order valence-electron chi connectivity index (χ1n) is 7.76. The largest absolute Gasteiger partial charge is 0.317 e. The maximum atomic E-state index is 12.2. The van der Waals surface area contributed by atoms with Crippen LogP contribution in [0.2, 0.25) is 0 Å². The highest BCUT2D eigenvalue weighted by Gasteiger charge is 2.17. The standard InChI is InChI=1S/C14H28N4O2S/c1-4-13(5-2)10-17-21(19,20)14-11-16-18(12-14)9-7-8-15-6-3/h11-13,15,17H,4-10H2,1-3H3. The molecule has 0 saturated carbocycles. The van der Waals surface area contributed by atoms with Gasteiger partial charge in [-0.25, -0.2) is 13.1 Å². The topological polar surface area (TPSA) is 76.0 Å². The van der Waals surface area contributed by atoms with Gasteiger partial charge in [-0.2, -0.15) is 5.10 Å². The van der Waals surface area contributed by atoms with Crippen LogP contribution in [0.4, 0.5) is 0 Å². The maximum Gasteiger partial charge on any atom is 0.243 e. The van der Waals surface area contributed by atoms with E-state index in [2.05, 4.69) is 35.9 Å². The average molecular weight is 316 g/mol. The number of aryl methyl sites for hydroxylation is 1. The van der Waals surface area contributed by atoms with Gasteiger partial charge >= 0.3 is 0 Å². The molecule has 0 fully saturated rings. The zero-order valence-electron chi connectivity index (χ0n) is 13.3. The molecular weight excluding hydrogens is 288 g/mol. The van der Waals surface area contributed by atoms with E-state index in [0.717, 1.165) is 38.9 Å². The second kappa shape index (κ2) is 9.17. The van der Waals surface area contributed by atoms with Crippen molar-refractivity contribution in [2.75, 3.05) is 19.6 Å². The Bertz CT molecular complexity index is 495. The minimum atomic E-state index is -3.44. The van der Waals surface area contributed by atoms with E-state index in [9.17, 15) is 8.42 Å². The zero-order chi connectivity index (χ0) is 15.7. The molecule has 0 radical (unpaired) electrons. The molecule has 0 spiro atoms. The lowest BCUT2D eigenvalue weighted by molar-refractivity contribution is 0.479. The first-order chi connectivity index (χ1) is 10.0. The van der Waals surface area contributed by atoms with E-state index in [1.54, 1.807) is 10.9 Å². The Balaban J connectivity index is 2.53. The van der Waals surface area contributed by atoms with Crippen molar-refractivity contribution in [2.24, 2.45) is 5.92 Å². The molecular formula is C14H28N4O2S. The smallest absolute Gasteiger partial charge is 0.243 e. The summed E-state index contributed by atoms with van der Waals surface area (Å²) in [6.45, 7) is 9.26. The summed E-state index contributed by atoms with van der Waals surface area (Å²) in [5, 5.41) is 7.35. The summed E-state index contributed by atoms with van der Waals surface area (Å²) < 4.78 is 28.7. The number of hydrogen-bond donors (Lipinski definition) is 2. The van der Waals surface area contributed by atoms with Crippen LogP contribution in [0.1, 0.15) is 40.0 Å². The molecule has 6 nitrogen and oxygen atoms in total. The van der Waals surface area contributed by atoms with Crippen molar-refractivity contribution in [2.45, 2.75) is 51.5 Å². The van der Waals surface area contributed by atoms with Gasteiger partial charge in [0.05, 0.1) is 6.20 Å². The fraction of sp³-hybridized carbons (Fsp3) is 0.786. The van der Waals surface area contributed by atoms with E-state index in [4.69, 9.17) is 0 Å². The van der Waals surface area contributed by atoms with E-state index in [0.29, 0.717) is 12.5 Å². The van der Waals surface area contributed by atoms with Gasteiger partial charge in [0.1, 0.15) is 4.90 Å². The molecule has 0 unspecified atom stereocenters. The molecule has 122 valence electrons. The zero-order valence-corrected chi connectivity index (χ0v) is 14.1. The highest BCUT2D eigenvalue weighted by atomic mass is 32.2. The van der Waals surface area contributed by atoms with Crippen molar-refractivity contribution in [1.82, 2.24) is 19.8 Å². The quantitative estimate of drug-likeness (QED) is 0.608. The third-order valence-electron chi connectivity index (χ3n) is 3.63. The van der Waals surface area contributed by atoms with Gasteiger partial charge in [-0.3, -0.25) is 4.68 Å². The Kier molecular flexibility index (Phi) is 7.92. The minimum absolute atomic E-state index is 0.247. The summed E-state index contributed by atoms with van der Waals surface area (Å²) in [6.07, 6.45) is 5.89. The van der Waals surface area contributed by atoms with Gasteiger partial charge < -0.3 is 5.32 Å². The lowest BCUT2D eigenvalue weighted by Crippen LogP contribution is -2.28. The van der Waals surface area contributed by atoms with Crippen molar-refractivity contribution < 1.29 is 8.42 Å².